The molecule has 0 N–H and O–H groups in total. The van der Waals surface area contributed by atoms with Crippen LogP contribution in [0, 0.1) is 13.8 Å². The molecule has 1 heterocycles. The lowest BCUT2D eigenvalue weighted by molar-refractivity contribution is 0.415. The predicted molar refractivity (Wildman–Crippen MR) is 65.7 cm³/mol. The highest BCUT2D eigenvalue weighted by atomic mass is 16.5. The number of aryl methyl sites for hydroxylation is 1. The van der Waals surface area contributed by atoms with Gasteiger partial charge in [-0.2, -0.15) is 0 Å². The zero-order chi connectivity index (χ0) is 11.5. The minimum Gasteiger partial charge on any atom is -0.494 e. The highest BCUT2D eigenvalue weighted by Gasteiger charge is 2.09. The molecule has 2 nitrogen and oxygen atoms in total. The first-order chi connectivity index (χ1) is 7.74. The molecule has 0 spiro atoms. The van der Waals surface area contributed by atoms with E-state index in [1.165, 1.54) is 11.1 Å². The normalized spacial score (nSPS) is 10.2. The zero-order valence-corrected chi connectivity index (χ0v) is 9.82. The second-order valence-corrected chi connectivity index (χ2v) is 3.80. The Morgan fingerprint density at radius 2 is 1.88 bits per heavy atom. The van der Waals surface area contributed by atoms with Crippen LogP contribution in [0.15, 0.2) is 36.5 Å². The number of nitrogens with zero attached hydrogens (tertiary/aromatic N) is 1. The van der Waals surface area contributed by atoms with Crippen LogP contribution in [0.5, 0.6) is 5.75 Å². The molecule has 0 saturated carbocycles. The molecule has 0 atom stereocenters. The van der Waals surface area contributed by atoms with Gasteiger partial charge < -0.3 is 4.74 Å². The summed E-state index contributed by atoms with van der Waals surface area (Å²) in [5.41, 5.74) is 4.56. The second-order valence-electron chi connectivity index (χ2n) is 3.80. The molecule has 0 aliphatic heterocycles. The summed E-state index contributed by atoms with van der Waals surface area (Å²) < 4.78 is 5.33. The number of hydrogen-bond donors (Lipinski definition) is 0. The van der Waals surface area contributed by atoms with Crippen LogP contribution in [0.3, 0.4) is 0 Å². The maximum Gasteiger partial charge on any atom is 0.145 e. The smallest absolute Gasteiger partial charge is 0.145 e. The van der Waals surface area contributed by atoms with E-state index in [0.717, 1.165) is 17.0 Å². The Balaban J connectivity index is 2.63. The van der Waals surface area contributed by atoms with Crippen molar-refractivity contribution in [2.75, 3.05) is 7.11 Å². The van der Waals surface area contributed by atoms with Crippen molar-refractivity contribution in [3.8, 4) is 17.0 Å². The molecule has 0 fully saturated rings. The summed E-state index contributed by atoms with van der Waals surface area (Å²) in [5.74, 6) is 0.816. The zero-order valence-electron chi connectivity index (χ0n) is 9.82. The van der Waals surface area contributed by atoms with Crippen LogP contribution < -0.4 is 4.74 Å². The molecule has 0 amide bonds. The summed E-state index contributed by atoms with van der Waals surface area (Å²) in [7, 11) is 1.67. The molecule has 2 aromatic rings. The summed E-state index contributed by atoms with van der Waals surface area (Å²) in [6, 6.07) is 10.0. The number of benzene rings is 1. The van der Waals surface area contributed by atoms with Gasteiger partial charge in [-0.15, -0.1) is 0 Å². The summed E-state index contributed by atoms with van der Waals surface area (Å²) in [6.45, 7) is 4.22. The second kappa shape index (κ2) is 4.35. The fourth-order valence-electron chi connectivity index (χ4n) is 1.77. The fraction of sp³-hybridized carbons (Fsp3) is 0.214. The molecule has 0 bridgehead atoms. The maximum absolute atomic E-state index is 5.33. The SMILES string of the molecule is COc1cccnc1-c1cccc(C)c1C. The Bertz CT molecular complexity index is 506. The molecule has 0 aliphatic rings. The lowest BCUT2D eigenvalue weighted by Gasteiger charge is -2.11. The molecule has 0 aliphatic carbocycles. The van der Waals surface area contributed by atoms with Gasteiger partial charge in [0.05, 0.1) is 7.11 Å². The van der Waals surface area contributed by atoms with E-state index in [4.69, 9.17) is 4.74 Å². The molecular formula is C14H15NO. The minimum absolute atomic E-state index is 0.816. The van der Waals surface area contributed by atoms with Crippen molar-refractivity contribution in [3.05, 3.63) is 47.7 Å². The number of hydrogen-bond acceptors (Lipinski definition) is 2. The third-order valence-electron chi connectivity index (χ3n) is 2.85. The van der Waals surface area contributed by atoms with Gasteiger partial charge in [-0.3, -0.25) is 4.98 Å². The van der Waals surface area contributed by atoms with E-state index in [1.54, 1.807) is 13.3 Å². The third-order valence-corrected chi connectivity index (χ3v) is 2.85. The molecule has 82 valence electrons. The Morgan fingerprint density at radius 3 is 2.62 bits per heavy atom. The first kappa shape index (κ1) is 10.7. The first-order valence-corrected chi connectivity index (χ1v) is 5.29. The highest BCUT2D eigenvalue weighted by Crippen LogP contribution is 2.30. The summed E-state index contributed by atoms with van der Waals surface area (Å²) in [6.07, 6.45) is 1.79. The molecule has 1 aromatic heterocycles. The van der Waals surface area contributed by atoms with E-state index in [0.29, 0.717) is 0 Å². The van der Waals surface area contributed by atoms with Gasteiger partial charge in [0.25, 0.3) is 0 Å². The Labute approximate surface area is 95.9 Å². The van der Waals surface area contributed by atoms with Gasteiger partial charge in [0.15, 0.2) is 0 Å². The standard InChI is InChI=1S/C14H15NO/c1-10-6-4-7-12(11(10)2)14-13(16-3)8-5-9-15-14/h4-9H,1-3H3. The molecule has 16 heavy (non-hydrogen) atoms. The highest BCUT2D eigenvalue weighted by molar-refractivity contribution is 5.70. The molecule has 0 radical (unpaired) electrons. The Hall–Kier alpha value is -1.83. The number of pyridine rings is 1. The van der Waals surface area contributed by atoms with Crippen molar-refractivity contribution >= 4 is 0 Å². The van der Waals surface area contributed by atoms with Crippen LogP contribution >= 0.6 is 0 Å². The third kappa shape index (κ3) is 1.78. The van der Waals surface area contributed by atoms with Crippen LogP contribution in [0.25, 0.3) is 11.3 Å². The fourth-order valence-corrected chi connectivity index (χ4v) is 1.77. The van der Waals surface area contributed by atoms with Crippen LogP contribution in [0.2, 0.25) is 0 Å². The summed E-state index contributed by atoms with van der Waals surface area (Å²) in [5, 5.41) is 0. The van der Waals surface area contributed by atoms with E-state index in [2.05, 4.69) is 31.0 Å². The van der Waals surface area contributed by atoms with Gasteiger partial charge >= 0.3 is 0 Å². The van der Waals surface area contributed by atoms with E-state index >= 15 is 0 Å². The van der Waals surface area contributed by atoms with Crippen LogP contribution in [0.1, 0.15) is 11.1 Å². The van der Waals surface area contributed by atoms with Crippen molar-refractivity contribution in [1.82, 2.24) is 4.98 Å². The first-order valence-electron chi connectivity index (χ1n) is 5.29. The predicted octanol–water partition coefficient (Wildman–Crippen LogP) is 3.37. The van der Waals surface area contributed by atoms with Gasteiger partial charge in [-0.25, -0.2) is 0 Å². The quantitative estimate of drug-likeness (QED) is 0.763. The van der Waals surface area contributed by atoms with Crippen molar-refractivity contribution in [3.63, 3.8) is 0 Å². The molecule has 1 aromatic carbocycles. The van der Waals surface area contributed by atoms with E-state index in [1.807, 2.05) is 18.2 Å². The van der Waals surface area contributed by atoms with Crippen molar-refractivity contribution in [2.24, 2.45) is 0 Å². The largest absolute Gasteiger partial charge is 0.494 e. The van der Waals surface area contributed by atoms with Crippen LogP contribution in [-0.2, 0) is 0 Å². The maximum atomic E-state index is 5.33. The van der Waals surface area contributed by atoms with Crippen LogP contribution in [0.4, 0.5) is 0 Å². The summed E-state index contributed by atoms with van der Waals surface area (Å²) in [4.78, 5) is 4.40. The molecule has 2 rings (SSSR count). The van der Waals surface area contributed by atoms with Gasteiger partial charge in [-0.05, 0) is 37.1 Å². The van der Waals surface area contributed by atoms with Crippen LogP contribution in [-0.4, -0.2) is 12.1 Å². The molecule has 0 unspecified atom stereocenters. The number of ether oxygens (including phenoxy) is 1. The number of methoxy groups -OCH3 is 1. The van der Waals surface area contributed by atoms with E-state index < -0.39 is 0 Å². The van der Waals surface area contributed by atoms with Gasteiger partial charge in [-0.1, -0.05) is 18.2 Å². The van der Waals surface area contributed by atoms with Crippen molar-refractivity contribution < 1.29 is 4.74 Å². The molecular weight excluding hydrogens is 198 g/mol. The Kier molecular flexibility index (Phi) is 2.91. The average molecular weight is 213 g/mol. The van der Waals surface area contributed by atoms with Gasteiger partial charge in [0.2, 0.25) is 0 Å². The lowest BCUT2D eigenvalue weighted by atomic mass is 10.0. The van der Waals surface area contributed by atoms with E-state index in [9.17, 15) is 0 Å². The monoisotopic (exact) mass is 213 g/mol. The minimum atomic E-state index is 0.816. The van der Waals surface area contributed by atoms with Crippen molar-refractivity contribution in [1.29, 1.82) is 0 Å². The molecule has 0 saturated heterocycles. The number of rotatable bonds is 2. The topological polar surface area (TPSA) is 22.1 Å². The molecule has 2 heteroatoms. The lowest BCUT2D eigenvalue weighted by Crippen LogP contribution is -1.93. The van der Waals surface area contributed by atoms with Gasteiger partial charge in [0.1, 0.15) is 11.4 Å². The summed E-state index contributed by atoms with van der Waals surface area (Å²) >= 11 is 0. The Morgan fingerprint density at radius 1 is 1.06 bits per heavy atom. The van der Waals surface area contributed by atoms with Gasteiger partial charge in [0, 0.05) is 11.8 Å². The average Bonchev–Trinajstić information content (AvgIpc) is 2.33. The van der Waals surface area contributed by atoms with Crippen molar-refractivity contribution in [2.45, 2.75) is 13.8 Å². The van der Waals surface area contributed by atoms with E-state index in [-0.39, 0.29) is 0 Å². The number of aromatic nitrogens is 1.